The maximum atomic E-state index is 4.45. The van der Waals surface area contributed by atoms with Crippen LogP contribution in [0.15, 0.2) is 36.5 Å². The van der Waals surface area contributed by atoms with Crippen molar-refractivity contribution < 1.29 is 0 Å². The maximum Gasteiger partial charge on any atom is 0.0376 e. The first-order chi connectivity index (χ1) is 10.1. The molecule has 2 aromatic rings. The van der Waals surface area contributed by atoms with E-state index in [0.29, 0.717) is 6.04 Å². The average Bonchev–Trinajstić information content (AvgIpc) is 2.47. The molecule has 21 heavy (non-hydrogen) atoms. The van der Waals surface area contributed by atoms with E-state index in [9.17, 15) is 0 Å². The van der Waals surface area contributed by atoms with Crippen LogP contribution < -0.4 is 5.32 Å². The Morgan fingerprint density at radius 2 is 1.76 bits per heavy atom. The van der Waals surface area contributed by atoms with Gasteiger partial charge in [0.1, 0.15) is 0 Å². The average molecular weight is 282 g/mol. The molecule has 0 fully saturated rings. The van der Waals surface area contributed by atoms with E-state index in [-0.39, 0.29) is 0 Å². The largest absolute Gasteiger partial charge is 0.310 e. The summed E-state index contributed by atoms with van der Waals surface area (Å²) in [4.78, 5) is 4.45. The van der Waals surface area contributed by atoms with Gasteiger partial charge in [0.15, 0.2) is 0 Å². The summed E-state index contributed by atoms with van der Waals surface area (Å²) in [5.41, 5.74) is 6.54. The predicted octanol–water partition coefficient (Wildman–Crippen LogP) is 4.29. The van der Waals surface area contributed by atoms with Crippen molar-refractivity contribution in [1.29, 1.82) is 0 Å². The van der Waals surface area contributed by atoms with Crippen LogP contribution in [0.3, 0.4) is 0 Å². The van der Waals surface area contributed by atoms with E-state index in [0.717, 1.165) is 25.1 Å². The Hall–Kier alpha value is -1.67. The predicted molar refractivity (Wildman–Crippen MR) is 89.6 cm³/mol. The van der Waals surface area contributed by atoms with Gasteiger partial charge in [0.05, 0.1) is 0 Å². The van der Waals surface area contributed by atoms with Crippen molar-refractivity contribution in [3.63, 3.8) is 0 Å². The Kier molecular flexibility index (Phi) is 5.51. The number of pyridine rings is 1. The monoisotopic (exact) mass is 282 g/mol. The van der Waals surface area contributed by atoms with Crippen LogP contribution in [0.1, 0.15) is 47.3 Å². The Morgan fingerprint density at radius 3 is 2.33 bits per heavy atom. The van der Waals surface area contributed by atoms with Gasteiger partial charge in [-0.15, -0.1) is 0 Å². The second-order valence-electron chi connectivity index (χ2n) is 5.81. The SMILES string of the molecule is CCCNC(Cc1c(C)cccc1C)c1ccc(C)nc1. The summed E-state index contributed by atoms with van der Waals surface area (Å²) >= 11 is 0. The summed E-state index contributed by atoms with van der Waals surface area (Å²) in [5.74, 6) is 0. The normalized spacial score (nSPS) is 12.4. The number of nitrogens with one attached hydrogen (secondary N) is 1. The molecule has 0 saturated carbocycles. The molecular formula is C19H26N2. The second-order valence-corrected chi connectivity index (χ2v) is 5.81. The zero-order valence-electron chi connectivity index (χ0n) is 13.6. The summed E-state index contributed by atoms with van der Waals surface area (Å²) in [6, 6.07) is 11.2. The van der Waals surface area contributed by atoms with E-state index in [2.05, 4.69) is 61.4 Å². The van der Waals surface area contributed by atoms with Gasteiger partial charge in [-0.25, -0.2) is 0 Å². The molecule has 0 aliphatic carbocycles. The molecule has 1 aromatic heterocycles. The first-order valence-electron chi connectivity index (χ1n) is 7.82. The van der Waals surface area contributed by atoms with Gasteiger partial charge in [0.25, 0.3) is 0 Å². The zero-order valence-corrected chi connectivity index (χ0v) is 13.6. The highest BCUT2D eigenvalue weighted by molar-refractivity contribution is 5.35. The smallest absolute Gasteiger partial charge is 0.0376 e. The van der Waals surface area contributed by atoms with Crippen LogP contribution in [0, 0.1) is 20.8 Å². The van der Waals surface area contributed by atoms with Crippen molar-refractivity contribution in [2.45, 2.75) is 46.6 Å². The van der Waals surface area contributed by atoms with E-state index >= 15 is 0 Å². The topological polar surface area (TPSA) is 24.9 Å². The quantitative estimate of drug-likeness (QED) is 0.855. The van der Waals surface area contributed by atoms with Gasteiger partial charge < -0.3 is 5.32 Å². The molecule has 1 aromatic carbocycles. The number of aromatic nitrogens is 1. The van der Waals surface area contributed by atoms with Crippen LogP contribution in [-0.2, 0) is 6.42 Å². The highest BCUT2D eigenvalue weighted by Crippen LogP contribution is 2.23. The molecule has 1 unspecified atom stereocenters. The highest BCUT2D eigenvalue weighted by atomic mass is 14.9. The molecule has 2 rings (SSSR count). The van der Waals surface area contributed by atoms with Gasteiger partial charge in [0.2, 0.25) is 0 Å². The van der Waals surface area contributed by atoms with Crippen molar-refractivity contribution in [1.82, 2.24) is 10.3 Å². The minimum Gasteiger partial charge on any atom is -0.310 e. The van der Waals surface area contributed by atoms with Crippen LogP contribution in [0.2, 0.25) is 0 Å². The molecule has 1 heterocycles. The standard InChI is InChI=1S/C19H26N2/c1-5-11-20-19(17-10-9-16(4)21-13-17)12-18-14(2)7-6-8-15(18)3/h6-10,13,19-20H,5,11-12H2,1-4H3. The molecule has 0 saturated heterocycles. The lowest BCUT2D eigenvalue weighted by molar-refractivity contribution is 0.526. The molecule has 0 bridgehead atoms. The van der Waals surface area contributed by atoms with Gasteiger partial charge in [0, 0.05) is 17.9 Å². The molecule has 112 valence electrons. The summed E-state index contributed by atoms with van der Waals surface area (Å²) in [6.07, 6.45) is 4.17. The van der Waals surface area contributed by atoms with Gasteiger partial charge in [-0.3, -0.25) is 4.98 Å². The van der Waals surface area contributed by atoms with E-state index in [1.165, 1.54) is 22.3 Å². The van der Waals surface area contributed by atoms with E-state index in [1.807, 2.05) is 13.1 Å². The van der Waals surface area contributed by atoms with Gasteiger partial charge in [-0.2, -0.15) is 0 Å². The van der Waals surface area contributed by atoms with Crippen molar-refractivity contribution >= 4 is 0 Å². The van der Waals surface area contributed by atoms with Crippen LogP contribution in [0.5, 0.6) is 0 Å². The number of benzene rings is 1. The molecule has 0 aliphatic rings. The third kappa shape index (κ3) is 4.15. The lowest BCUT2D eigenvalue weighted by atomic mass is 9.93. The highest BCUT2D eigenvalue weighted by Gasteiger charge is 2.14. The fraction of sp³-hybridized carbons (Fsp3) is 0.421. The number of nitrogens with zero attached hydrogens (tertiary/aromatic N) is 1. The van der Waals surface area contributed by atoms with Crippen molar-refractivity contribution in [3.05, 3.63) is 64.5 Å². The zero-order chi connectivity index (χ0) is 15.2. The fourth-order valence-corrected chi connectivity index (χ4v) is 2.69. The van der Waals surface area contributed by atoms with E-state index in [1.54, 1.807) is 0 Å². The van der Waals surface area contributed by atoms with Crippen molar-refractivity contribution in [2.75, 3.05) is 6.54 Å². The lowest BCUT2D eigenvalue weighted by Gasteiger charge is -2.21. The van der Waals surface area contributed by atoms with Crippen LogP contribution >= 0.6 is 0 Å². The van der Waals surface area contributed by atoms with Crippen LogP contribution in [0.25, 0.3) is 0 Å². The first kappa shape index (κ1) is 15.7. The Balaban J connectivity index is 2.26. The molecule has 2 nitrogen and oxygen atoms in total. The maximum absolute atomic E-state index is 4.45. The Bertz CT molecular complexity index is 552. The number of rotatable bonds is 6. The Labute approximate surface area is 128 Å². The molecule has 0 aliphatic heterocycles. The molecule has 0 amide bonds. The van der Waals surface area contributed by atoms with Crippen molar-refractivity contribution in [3.8, 4) is 0 Å². The Morgan fingerprint density at radius 1 is 1.05 bits per heavy atom. The molecular weight excluding hydrogens is 256 g/mol. The number of aryl methyl sites for hydroxylation is 3. The van der Waals surface area contributed by atoms with Gasteiger partial charge >= 0.3 is 0 Å². The minimum absolute atomic E-state index is 0.331. The lowest BCUT2D eigenvalue weighted by Crippen LogP contribution is -2.24. The third-order valence-electron chi connectivity index (χ3n) is 4.03. The summed E-state index contributed by atoms with van der Waals surface area (Å²) in [5, 5.41) is 3.67. The molecule has 1 atom stereocenters. The van der Waals surface area contributed by atoms with E-state index < -0.39 is 0 Å². The summed E-state index contributed by atoms with van der Waals surface area (Å²) in [6.45, 7) is 9.67. The first-order valence-corrected chi connectivity index (χ1v) is 7.82. The van der Waals surface area contributed by atoms with Gasteiger partial charge in [-0.1, -0.05) is 31.2 Å². The number of hydrogen-bond donors (Lipinski definition) is 1. The molecule has 2 heteroatoms. The molecule has 0 spiro atoms. The second kappa shape index (κ2) is 7.37. The van der Waals surface area contributed by atoms with Crippen LogP contribution in [-0.4, -0.2) is 11.5 Å². The minimum atomic E-state index is 0.331. The molecule has 0 radical (unpaired) electrons. The van der Waals surface area contributed by atoms with Crippen molar-refractivity contribution in [2.24, 2.45) is 0 Å². The van der Waals surface area contributed by atoms with E-state index in [4.69, 9.17) is 0 Å². The third-order valence-corrected chi connectivity index (χ3v) is 4.03. The van der Waals surface area contributed by atoms with Gasteiger partial charge in [-0.05, 0) is 68.5 Å². The molecule has 1 N–H and O–H groups in total. The fourth-order valence-electron chi connectivity index (χ4n) is 2.69. The summed E-state index contributed by atoms with van der Waals surface area (Å²) in [7, 11) is 0. The van der Waals surface area contributed by atoms with Crippen LogP contribution in [0.4, 0.5) is 0 Å². The summed E-state index contributed by atoms with van der Waals surface area (Å²) < 4.78 is 0. The number of hydrogen-bond acceptors (Lipinski definition) is 2.